The average Bonchev–Trinajstić information content (AvgIpc) is 3.22. The molecule has 120 valence electrons. The molecule has 1 N–H and O–H groups in total. The third-order valence-electron chi connectivity index (χ3n) is 6.19. The van der Waals surface area contributed by atoms with Gasteiger partial charge in [0.05, 0.1) is 10.9 Å². The van der Waals surface area contributed by atoms with Crippen molar-refractivity contribution in [2.45, 2.75) is 37.9 Å². The first-order valence-electron chi connectivity index (χ1n) is 8.52. The van der Waals surface area contributed by atoms with Crippen LogP contribution in [0.3, 0.4) is 0 Å². The summed E-state index contributed by atoms with van der Waals surface area (Å²) in [5, 5.41) is 5.23. The lowest BCUT2D eigenvalue weighted by Crippen LogP contribution is -2.64. The topological polar surface area (TPSA) is 29.1 Å². The molecule has 23 heavy (non-hydrogen) atoms. The second-order valence-electron chi connectivity index (χ2n) is 7.33. The van der Waals surface area contributed by atoms with E-state index >= 15 is 0 Å². The molecule has 2 bridgehead atoms. The van der Waals surface area contributed by atoms with Crippen LogP contribution in [-0.4, -0.2) is 35.7 Å². The van der Waals surface area contributed by atoms with Crippen LogP contribution in [0.2, 0.25) is 5.02 Å². The van der Waals surface area contributed by atoms with E-state index in [0.29, 0.717) is 12.1 Å². The van der Waals surface area contributed by atoms with Crippen molar-refractivity contribution in [1.82, 2.24) is 5.32 Å². The molecule has 1 spiro atoms. The molecular formula is C18H20ClN2OS+. The Labute approximate surface area is 144 Å². The first kappa shape index (κ1) is 14.3. The van der Waals surface area contributed by atoms with E-state index in [-0.39, 0.29) is 5.91 Å². The molecule has 4 fully saturated rings. The monoisotopic (exact) mass is 347 g/mol. The Kier molecular flexibility index (Phi) is 3.07. The summed E-state index contributed by atoms with van der Waals surface area (Å²) in [6.45, 7) is 2.52. The van der Waals surface area contributed by atoms with Gasteiger partial charge in [0.15, 0.2) is 6.17 Å². The number of quaternary nitrogens is 1. The molecule has 1 aromatic carbocycles. The lowest BCUT2D eigenvalue weighted by molar-refractivity contribution is -0.875. The standard InChI is InChI=1S/C18H19ClN2OS/c19-13-4-1-12-9-16(23-15(12)10-13)18(22)20-17-11-2-5-14(6-3-11)21(17)7-8-21/h1,4,9-11,14,17H,2-3,5-8H2/p+1. The number of hydrogen-bond donors (Lipinski definition) is 1. The van der Waals surface area contributed by atoms with Crippen molar-refractivity contribution in [2.75, 3.05) is 13.1 Å². The maximum atomic E-state index is 12.8. The van der Waals surface area contributed by atoms with E-state index in [0.717, 1.165) is 26.0 Å². The number of benzene rings is 1. The van der Waals surface area contributed by atoms with Crippen LogP contribution in [-0.2, 0) is 0 Å². The number of piperidine rings is 2. The highest BCUT2D eigenvalue weighted by molar-refractivity contribution is 7.20. The van der Waals surface area contributed by atoms with Crippen molar-refractivity contribution in [2.24, 2.45) is 5.92 Å². The van der Waals surface area contributed by atoms with Crippen molar-refractivity contribution in [3.63, 3.8) is 0 Å². The Hall–Kier alpha value is -1.10. The Bertz CT molecular complexity index is 789. The van der Waals surface area contributed by atoms with Gasteiger partial charge in [0, 0.05) is 28.5 Å². The van der Waals surface area contributed by atoms with Crippen molar-refractivity contribution in [3.8, 4) is 0 Å². The summed E-state index contributed by atoms with van der Waals surface area (Å²) in [5.41, 5.74) is 0. The summed E-state index contributed by atoms with van der Waals surface area (Å²) < 4.78 is 2.26. The van der Waals surface area contributed by atoms with Crippen LogP contribution in [0.25, 0.3) is 10.1 Å². The van der Waals surface area contributed by atoms with E-state index in [1.807, 2.05) is 24.3 Å². The fourth-order valence-electron chi connectivity index (χ4n) is 4.91. The fourth-order valence-corrected chi connectivity index (χ4v) is 6.15. The third kappa shape index (κ3) is 2.15. The number of rotatable bonds is 2. The average molecular weight is 348 g/mol. The summed E-state index contributed by atoms with van der Waals surface area (Å²) in [7, 11) is 0. The number of amides is 1. The Balaban J connectivity index is 1.42. The van der Waals surface area contributed by atoms with Gasteiger partial charge >= 0.3 is 0 Å². The second-order valence-corrected chi connectivity index (χ2v) is 8.85. The van der Waals surface area contributed by atoms with Gasteiger partial charge in [-0.3, -0.25) is 9.28 Å². The molecule has 1 aromatic heterocycles. The van der Waals surface area contributed by atoms with Crippen LogP contribution in [0, 0.1) is 5.92 Å². The van der Waals surface area contributed by atoms with Gasteiger partial charge in [-0.05, 0) is 36.4 Å². The zero-order chi connectivity index (χ0) is 15.6. The number of carbonyl (C=O) groups is 1. The van der Waals surface area contributed by atoms with E-state index in [2.05, 4.69) is 5.32 Å². The number of fused-ring (bicyclic) bond motifs is 3. The maximum Gasteiger partial charge on any atom is 0.265 e. The molecule has 1 atom stereocenters. The molecular weight excluding hydrogens is 328 g/mol. The van der Waals surface area contributed by atoms with E-state index in [1.165, 1.54) is 43.3 Å². The molecule has 3 nitrogen and oxygen atoms in total. The van der Waals surface area contributed by atoms with Gasteiger partial charge in [-0.2, -0.15) is 0 Å². The van der Waals surface area contributed by atoms with Crippen LogP contribution in [0.4, 0.5) is 0 Å². The SMILES string of the molecule is O=C(NC1C2CCC(CC2)[N+]12CC2)c1cc2ccc(Cl)cc2s1. The van der Waals surface area contributed by atoms with Crippen LogP contribution in [0.1, 0.15) is 35.4 Å². The maximum absolute atomic E-state index is 12.8. The van der Waals surface area contributed by atoms with E-state index < -0.39 is 0 Å². The molecule has 1 aliphatic carbocycles. The molecule has 3 saturated heterocycles. The zero-order valence-electron chi connectivity index (χ0n) is 12.9. The normalized spacial score (nSPS) is 30.7. The largest absolute Gasteiger partial charge is 0.302 e. The molecule has 4 aliphatic rings. The van der Waals surface area contributed by atoms with Gasteiger partial charge < -0.3 is 5.32 Å². The highest BCUT2D eigenvalue weighted by Gasteiger charge is 2.62. The lowest BCUT2D eigenvalue weighted by atomic mass is 9.77. The molecule has 1 saturated carbocycles. The first-order chi connectivity index (χ1) is 11.2. The highest BCUT2D eigenvalue weighted by Crippen LogP contribution is 2.49. The Morgan fingerprint density at radius 1 is 1.17 bits per heavy atom. The van der Waals surface area contributed by atoms with Gasteiger partial charge in [-0.15, -0.1) is 11.3 Å². The number of halogens is 1. The summed E-state index contributed by atoms with van der Waals surface area (Å²) in [6, 6.07) is 8.62. The fraction of sp³-hybridized carbons (Fsp3) is 0.500. The van der Waals surface area contributed by atoms with Gasteiger partial charge in [0.25, 0.3) is 5.91 Å². The van der Waals surface area contributed by atoms with Crippen molar-refractivity contribution < 1.29 is 9.28 Å². The molecule has 1 amide bonds. The summed E-state index contributed by atoms with van der Waals surface area (Å²) in [6.07, 6.45) is 5.65. The minimum absolute atomic E-state index is 0.101. The second kappa shape index (κ2) is 4.95. The first-order valence-corrected chi connectivity index (χ1v) is 9.72. The minimum Gasteiger partial charge on any atom is -0.302 e. The smallest absolute Gasteiger partial charge is 0.265 e. The van der Waals surface area contributed by atoms with E-state index in [9.17, 15) is 4.79 Å². The van der Waals surface area contributed by atoms with Gasteiger partial charge in [-0.1, -0.05) is 17.7 Å². The number of nitrogens with one attached hydrogen (secondary N) is 1. The van der Waals surface area contributed by atoms with Crippen molar-refractivity contribution >= 4 is 38.9 Å². The number of nitrogens with zero attached hydrogens (tertiary/aromatic N) is 1. The summed E-state index contributed by atoms with van der Waals surface area (Å²) in [5.74, 6) is 0.777. The van der Waals surface area contributed by atoms with Crippen LogP contribution >= 0.6 is 22.9 Å². The molecule has 5 heteroatoms. The molecule has 4 heterocycles. The number of thiophene rings is 1. The minimum atomic E-state index is 0.101. The predicted molar refractivity (Wildman–Crippen MR) is 93.8 cm³/mol. The number of carbonyl (C=O) groups excluding carboxylic acids is 1. The Morgan fingerprint density at radius 2 is 1.96 bits per heavy atom. The van der Waals surface area contributed by atoms with Crippen LogP contribution in [0.5, 0.6) is 0 Å². The zero-order valence-corrected chi connectivity index (χ0v) is 14.5. The van der Waals surface area contributed by atoms with Crippen molar-refractivity contribution in [1.29, 1.82) is 0 Å². The molecule has 1 unspecified atom stereocenters. The number of hydrogen-bond acceptors (Lipinski definition) is 2. The third-order valence-corrected chi connectivity index (χ3v) is 7.53. The lowest BCUT2D eigenvalue weighted by Gasteiger charge is -2.49. The predicted octanol–water partition coefficient (Wildman–Crippen LogP) is 4.01. The van der Waals surface area contributed by atoms with E-state index in [4.69, 9.17) is 11.6 Å². The van der Waals surface area contributed by atoms with Crippen molar-refractivity contribution in [3.05, 3.63) is 34.2 Å². The molecule has 6 rings (SSSR count). The summed E-state index contributed by atoms with van der Waals surface area (Å²) >= 11 is 7.60. The highest BCUT2D eigenvalue weighted by atomic mass is 35.5. The van der Waals surface area contributed by atoms with Gasteiger partial charge in [0.1, 0.15) is 13.1 Å². The Morgan fingerprint density at radius 3 is 2.70 bits per heavy atom. The molecule has 0 radical (unpaired) electrons. The van der Waals surface area contributed by atoms with Crippen LogP contribution in [0.15, 0.2) is 24.3 Å². The molecule has 2 aromatic rings. The van der Waals surface area contributed by atoms with Gasteiger partial charge in [-0.25, -0.2) is 0 Å². The summed E-state index contributed by atoms with van der Waals surface area (Å²) in [4.78, 5) is 13.6. The van der Waals surface area contributed by atoms with E-state index in [1.54, 1.807) is 11.3 Å². The molecule has 3 aliphatic heterocycles. The quantitative estimate of drug-likeness (QED) is 0.645. The van der Waals surface area contributed by atoms with Gasteiger partial charge in [0.2, 0.25) is 0 Å². The van der Waals surface area contributed by atoms with Crippen LogP contribution < -0.4 is 5.32 Å².